The van der Waals surface area contributed by atoms with E-state index in [9.17, 15) is 8.42 Å². The molecule has 0 aliphatic carbocycles. The average molecular weight is 317 g/mol. The van der Waals surface area contributed by atoms with E-state index in [4.69, 9.17) is 9.66 Å². The molecule has 3 aromatic rings. The number of aromatic nitrogens is 2. The minimum Gasteiger partial charge on any atom is -0.326 e. The molecule has 0 amide bonds. The number of imidazole rings is 1. The fourth-order valence-electron chi connectivity index (χ4n) is 1.99. The van der Waals surface area contributed by atoms with Crippen LogP contribution in [0.3, 0.4) is 0 Å². The summed E-state index contributed by atoms with van der Waals surface area (Å²) >= 11 is 0. The number of rotatable bonds is 2. The van der Waals surface area contributed by atoms with Gasteiger partial charge in [-0.25, -0.2) is 4.98 Å². The molecule has 2 N–H and O–H groups in total. The van der Waals surface area contributed by atoms with Gasteiger partial charge < -0.3 is 4.98 Å². The maximum absolute atomic E-state index is 11.1. The highest BCUT2D eigenvalue weighted by Crippen LogP contribution is 2.27. The van der Waals surface area contributed by atoms with E-state index < -0.39 is 15.3 Å². The molecule has 0 spiro atoms. The summed E-state index contributed by atoms with van der Waals surface area (Å²) in [6.07, 6.45) is 0.500. The van der Waals surface area contributed by atoms with E-state index in [-0.39, 0.29) is 0 Å². The Kier molecular flexibility index (Phi) is 4.59. The van der Waals surface area contributed by atoms with E-state index in [1.165, 1.54) is 0 Å². The molecule has 6 nitrogen and oxygen atoms in total. The number of para-hydroxylation sites is 1. The fraction of sp³-hybridized carbons (Fsp3) is 0. The Labute approximate surface area is 127 Å². The number of hydrogen-bond donors (Lipinski definition) is 2. The Bertz CT molecular complexity index is 886. The molecule has 0 fully saturated rings. The van der Waals surface area contributed by atoms with Crippen LogP contribution in [0.5, 0.6) is 0 Å². The summed E-state index contributed by atoms with van der Waals surface area (Å²) in [7, 11) is -4.33. The van der Waals surface area contributed by atoms with Crippen LogP contribution in [0.2, 0.25) is 0 Å². The first-order valence-corrected chi connectivity index (χ1v) is 7.66. The number of H-pyrrole nitrogens is 1. The van der Waals surface area contributed by atoms with Gasteiger partial charge in [-0.1, -0.05) is 49.0 Å². The Hall–Kier alpha value is -2.64. The van der Waals surface area contributed by atoms with Crippen molar-refractivity contribution in [2.75, 3.05) is 0 Å². The monoisotopic (exact) mass is 317 g/mol. The first kappa shape index (κ1) is 15.7. The molecule has 0 unspecified atom stereocenters. The van der Waals surface area contributed by atoms with E-state index in [1.807, 2.05) is 36.4 Å². The van der Waals surface area contributed by atoms with Crippen LogP contribution in [0, 0.1) is 0 Å². The second-order valence-electron chi connectivity index (χ2n) is 4.25. The quantitative estimate of drug-likeness (QED) is 0.560. The third-order valence-corrected chi connectivity index (χ3v) is 3.51. The van der Waals surface area contributed by atoms with Crippen LogP contribution in [0.1, 0.15) is 0 Å². The molecule has 3 rings (SSSR count). The number of aromatic amines is 1. The molecule has 1 radical (unpaired) electrons. The van der Waals surface area contributed by atoms with Gasteiger partial charge in [-0.15, -0.1) is 0 Å². The summed E-state index contributed by atoms with van der Waals surface area (Å²) in [5, 5.41) is 8.26. The van der Waals surface area contributed by atoms with Gasteiger partial charge in [0.25, 0.3) is 5.16 Å². The van der Waals surface area contributed by atoms with Crippen molar-refractivity contribution in [3.05, 3.63) is 61.4 Å². The van der Waals surface area contributed by atoms with Crippen molar-refractivity contribution in [1.29, 1.82) is 0 Å². The summed E-state index contributed by atoms with van der Waals surface area (Å²) in [4.78, 5) is 6.53. The summed E-state index contributed by atoms with van der Waals surface area (Å²) in [6, 6.07) is 14.9. The molecule has 0 saturated carbocycles. The van der Waals surface area contributed by atoms with Crippen molar-refractivity contribution in [3.63, 3.8) is 0 Å². The minimum absolute atomic E-state index is 0.439. The van der Waals surface area contributed by atoms with Crippen molar-refractivity contribution >= 4 is 21.2 Å². The summed E-state index contributed by atoms with van der Waals surface area (Å²) < 4.78 is 31.3. The van der Waals surface area contributed by atoms with Gasteiger partial charge in [0.05, 0.1) is 11.0 Å². The van der Waals surface area contributed by atoms with Gasteiger partial charge >= 0.3 is 10.1 Å². The third kappa shape index (κ3) is 3.33. The van der Waals surface area contributed by atoms with E-state index in [0.29, 0.717) is 17.3 Å². The highest BCUT2D eigenvalue weighted by Gasteiger charge is 2.16. The molecule has 0 aliphatic rings. The van der Waals surface area contributed by atoms with Gasteiger partial charge in [-0.2, -0.15) is 8.42 Å². The lowest BCUT2D eigenvalue weighted by Crippen LogP contribution is -1.99. The van der Waals surface area contributed by atoms with E-state index in [2.05, 4.69) is 16.5 Å². The maximum atomic E-state index is 11.1. The highest BCUT2D eigenvalue weighted by atomic mass is 32.2. The normalized spacial score (nSPS) is 10.8. The molecular formula is C15H13N2O4S. The van der Waals surface area contributed by atoms with Gasteiger partial charge in [0, 0.05) is 5.56 Å². The van der Waals surface area contributed by atoms with E-state index in [0.717, 1.165) is 11.1 Å². The molecule has 2 aromatic carbocycles. The molecular weight excluding hydrogens is 304 g/mol. The van der Waals surface area contributed by atoms with Gasteiger partial charge in [-0.05, 0) is 11.6 Å². The lowest BCUT2D eigenvalue weighted by atomic mass is 10.0. The van der Waals surface area contributed by atoms with Crippen molar-refractivity contribution in [2.24, 2.45) is 0 Å². The van der Waals surface area contributed by atoms with Crippen molar-refractivity contribution in [3.8, 4) is 11.1 Å². The van der Waals surface area contributed by atoms with Crippen LogP contribution in [0.15, 0.2) is 66.5 Å². The summed E-state index contributed by atoms with van der Waals surface area (Å²) in [6.45, 7) is 2.81. The molecule has 0 bridgehead atoms. The molecule has 1 aromatic heterocycles. The van der Waals surface area contributed by atoms with Gasteiger partial charge in [0.2, 0.25) is 0 Å². The standard InChI is InChI=1S/C13H10N2O3S.C2H3O/c16-19(17,18)13-14-11-8-4-7-10(12(11)15-13)9-5-2-1-3-6-9;1-2-3/h1-8H,(H,14,15)(H,16,17,18);2H,1H2. The Morgan fingerprint density at radius 3 is 2.32 bits per heavy atom. The van der Waals surface area contributed by atoms with Crippen molar-refractivity contribution in [1.82, 2.24) is 9.97 Å². The summed E-state index contributed by atoms with van der Waals surface area (Å²) in [5.74, 6) is 0. The second kappa shape index (κ2) is 6.42. The molecule has 0 atom stereocenters. The molecule has 7 heteroatoms. The zero-order valence-electron chi connectivity index (χ0n) is 11.4. The first-order valence-electron chi connectivity index (χ1n) is 6.22. The van der Waals surface area contributed by atoms with Crippen LogP contribution < -0.4 is 0 Å². The van der Waals surface area contributed by atoms with Crippen LogP contribution in [-0.4, -0.2) is 22.9 Å². The predicted molar refractivity (Wildman–Crippen MR) is 82.2 cm³/mol. The zero-order valence-corrected chi connectivity index (χ0v) is 12.2. The number of nitrogens with one attached hydrogen (secondary N) is 1. The number of hydrogen-bond acceptors (Lipinski definition) is 3. The average Bonchev–Trinajstić information content (AvgIpc) is 2.93. The molecule has 113 valence electrons. The summed E-state index contributed by atoms with van der Waals surface area (Å²) in [5.41, 5.74) is 2.86. The van der Waals surface area contributed by atoms with Gasteiger partial charge in [-0.3, -0.25) is 9.66 Å². The van der Waals surface area contributed by atoms with Gasteiger partial charge in [0.15, 0.2) is 0 Å². The zero-order chi connectivity index (χ0) is 16.2. The van der Waals surface area contributed by atoms with Crippen LogP contribution in [-0.2, 0) is 15.2 Å². The fourth-order valence-corrected chi connectivity index (χ4v) is 2.43. The second-order valence-corrected chi connectivity index (χ2v) is 5.59. The highest BCUT2D eigenvalue weighted by molar-refractivity contribution is 7.85. The number of benzene rings is 2. The molecule has 0 aliphatic heterocycles. The Morgan fingerprint density at radius 1 is 1.09 bits per heavy atom. The third-order valence-electron chi connectivity index (χ3n) is 2.83. The Balaban J connectivity index is 0.000000545. The lowest BCUT2D eigenvalue weighted by molar-refractivity contribution is 0.353. The van der Waals surface area contributed by atoms with Gasteiger partial charge in [0.1, 0.15) is 6.26 Å². The van der Waals surface area contributed by atoms with Crippen LogP contribution >= 0.6 is 0 Å². The Morgan fingerprint density at radius 2 is 1.73 bits per heavy atom. The SMILES string of the molecule is C=C[O].O=S(=O)(O)c1nc2cccc(-c3ccccc3)c2[nH]1. The number of fused-ring (bicyclic) bond motifs is 1. The van der Waals surface area contributed by atoms with Crippen LogP contribution in [0.25, 0.3) is 22.2 Å². The number of nitrogens with zero attached hydrogens (tertiary/aromatic N) is 1. The lowest BCUT2D eigenvalue weighted by Gasteiger charge is -2.01. The van der Waals surface area contributed by atoms with E-state index >= 15 is 0 Å². The molecule has 1 heterocycles. The molecule has 22 heavy (non-hydrogen) atoms. The van der Waals surface area contributed by atoms with E-state index in [1.54, 1.807) is 12.1 Å². The van der Waals surface area contributed by atoms with Crippen molar-refractivity contribution in [2.45, 2.75) is 5.16 Å². The maximum Gasteiger partial charge on any atom is 0.328 e. The minimum atomic E-state index is -4.33. The topological polar surface area (TPSA) is 103 Å². The predicted octanol–water partition coefficient (Wildman–Crippen LogP) is 3.04. The first-order chi connectivity index (χ1) is 10.5. The largest absolute Gasteiger partial charge is 0.328 e. The van der Waals surface area contributed by atoms with Crippen LogP contribution in [0.4, 0.5) is 0 Å². The smallest absolute Gasteiger partial charge is 0.326 e. The molecule has 0 saturated heterocycles. The van der Waals surface area contributed by atoms with Crippen molar-refractivity contribution < 1.29 is 18.1 Å².